The molecule has 2 amide bonds. The van der Waals surface area contributed by atoms with Crippen LogP contribution in [0.2, 0.25) is 0 Å². The van der Waals surface area contributed by atoms with E-state index in [4.69, 9.17) is 4.74 Å². The number of hydrogen-bond acceptors (Lipinski definition) is 5. The minimum atomic E-state index is -0.240. The molecule has 2 N–H and O–H groups in total. The lowest BCUT2D eigenvalue weighted by molar-refractivity contribution is 0.229. The summed E-state index contributed by atoms with van der Waals surface area (Å²) in [5.41, 5.74) is 1.10. The van der Waals surface area contributed by atoms with E-state index in [1.54, 1.807) is 18.0 Å². The molecule has 8 heteroatoms. The number of urea groups is 1. The number of carbonyl (C=O) groups excluding carboxylic acids is 1. The first-order valence-electron chi connectivity index (χ1n) is 8.11. The molecule has 25 heavy (non-hydrogen) atoms. The number of ether oxygens (including phenoxy) is 1. The van der Waals surface area contributed by atoms with E-state index in [0.717, 1.165) is 11.3 Å². The van der Waals surface area contributed by atoms with Crippen LogP contribution in [0.15, 0.2) is 30.6 Å². The number of nitrogens with one attached hydrogen (secondary N) is 2. The first-order valence-corrected chi connectivity index (χ1v) is 8.11. The maximum atomic E-state index is 12.2. The summed E-state index contributed by atoms with van der Waals surface area (Å²) in [6.07, 6.45) is 1.61. The summed E-state index contributed by atoms with van der Waals surface area (Å²) in [6.45, 7) is 2.35. The van der Waals surface area contributed by atoms with E-state index < -0.39 is 0 Å². The molecule has 0 aliphatic carbocycles. The van der Waals surface area contributed by atoms with Gasteiger partial charge in [0.25, 0.3) is 0 Å². The Morgan fingerprint density at radius 2 is 2.00 bits per heavy atom. The number of nitrogens with zero attached hydrogens (tertiary/aromatic N) is 4. The van der Waals surface area contributed by atoms with Crippen LogP contribution in [0.4, 0.5) is 4.79 Å². The Labute approximate surface area is 148 Å². The van der Waals surface area contributed by atoms with Crippen LogP contribution in [0, 0.1) is 0 Å². The van der Waals surface area contributed by atoms with Gasteiger partial charge in [0.1, 0.15) is 12.1 Å². The number of likely N-dealkylation sites (N-methyl/N-ethyl adjacent to an activating group) is 1. The molecule has 0 fully saturated rings. The molecule has 0 aliphatic rings. The van der Waals surface area contributed by atoms with Gasteiger partial charge in [0.15, 0.2) is 5.82 Å². The number of methoxy groups -OCH3 is 1. The molecule has 2 rings (SSSR count). The van der Waals surface area contributed by atoms with Crippen LogP contribution in [0.1, 0.15) is 30.4 Å². The van der Waals surface area contributed by atoms with Crippen molar-refractivity contribution in [1.82, 2.24) is 30.3 Å². The molecule has 0 saturated carbocycles. The molecule has 1 heterocycles. The first kappa shape index (κ1) is 18.7. The average Bonchev–Trinajstić information content (AvgIpc) is 3.01. The summed E-state index contributed by atoms with van der Waals surface area (Å²) in [4.78, 5) is 14.3. The van der Waals surface area contributed by atoms with Gasteiger partial charge < -0.3 is 24.8 Å². The minimum Gasteiger partial charge on any atom is -0.497 e. The lowest BCUT2D eigenvalue weighted by Gasteiger charge is -2.25. The van der Waals surface area contributed by atoms with Crippen LogP contribution < -0.4 is 15.4 Å². The lowest BCUT2D eigenvalue weighted by atomic mass is 10.1. The number of rotatable bonds is 7. The number of hydrogen-bond donors (Lipinski definition) is 2. The van der Waals surface area contributed by atoms with Gasteiger partial charge in [0.05, 0.1) is 19.2 Å². The molecule has 8 nitrogen and oxygen atoms in total. The Morgan fingerprint density at radius 3 is 2.52 bits per heavy atom. The van der Waals surface area contributed by atoms with E-state index in [1.165, 1.54) is 0 Å². The summed E-state index contributed by atoms with van der Waals surface area (Å²) >= 11 is 0. The molecule has 136 valence electrons. The molecule has 0 aliphatic heterocycles. The molecule has 0 saturated heterocycles. The van der Waals surface area contributed by atoms with Crippen molar-refractivity contribution in [3.63, 3.8) is 0 Å². The quantitative estimate of drug-likeness (QED) is 0.793. The molecule has 0 spiro atoms. The van der Waals surface area contributed by atoms with Crippen LogP contribution in [0.3, 0.4) is 0 Å². The highest BCUT2D eigenvalue weighted by Gasteiger charge is 2.18. The first-order chi connectivity index (χ1) is 11.9. The molecule has 0 unspecified atom stereocenters. The zero-order valence-corrected chi connectivity index (χ0v) is 15.4. The second-order valence-electron chi connectivity index (χ2n) is 6.13. The van der Waals surface area contributed by atoms with Crippen molar-refractivity contribution in [1.29, 1.82) is 0 Å². The van der Waals surface area contributed by atoms with Crippen molar-refractivity contribution in [3.05, 3.63) is 42.0 Å². The third-order valence-electron chi connectivity index (χ3n) is 4.06. The molecule has 1 aromatic carbocycles. The van der Waals surface area contributed by atoms with Gasteiger partial charge >= 0.3 is 6.03 Å². The molecular weight excluding hydrogens is 320 g/mol. The van der Waals surface area contributed by atoms with Gasteiger partial charge in [-0.15, -0.1) is 10.2 Å². The fraction of sp³-hybridized carbons (Fsp3) is 0.471. The van der Waals surface area contributed by atoms with E-state index >= 15 is 0 Å². The third-order valence-corrected chi connectivity index (χ3v) is 4.06. The second-order valence-corrected chi connectivity index (χ2v) is 6.13. The number of aromatic nitrogens is 3. The van der Waals surface area contributed by atoms with Crippen LogP contribution in [0.5, 0.6) is 5.75 Å². The van der Waals surface area contributed by atoms with Crippen molar-refractivity contribution >= 4 is 6.03 Å². The summed E-state index contributed by atoms with van der Waals surface area (Å²) in [6, 6.07) is 7.43. The predicted octanol–water partition coefficient (Wildman–Crippen LogP) is 1.49. The zero-order chi connectivity index (χ0) is 18.4. The Morgan fingerprint density at radius 1 is 1.32 bits per heavy atom. The van der Waals surface area contributed by atoms with Crippen LogP contribution in [-0.4, -0.2) is 53.4 Å². The molecule has 1 aromatic heterocycles. The molecular formula is C17H26N6O2. The second kappa shape index (κ2) is 8.48. The van der Waals surface area contributed by atoms with Crippen LogP contribution in [-0.2, 0) is 7.05 Å². The summed E-state index contributed by atoms with van der Waals surface area (Å²) < 4.78 is 6.97. The lowest BCUT2D eigenvalue weighted by Crippen LogP contribution is -2.41. The summed E-state index contributed by atoms with van der Waals surface area (Å²) in [5, 5.41) is 13.6. The standard InChI is InChI=1S/C17H26N6O2/c1-12(16-21-19-11-23(16)4)20-17(24)18-10-15(22(2)3)13-6-8-14(25-5)9-7-13/h6-9,11-12,15H,10H2,1-5H3,(H2,18,20,24)/t12-,15-/m1/s1. The van der Waals surface area contributed by atoms with Gasteiger partial charge in [-0.2, -0.15) is 0 Å². The normalized spacial score (nSPS) is 13.4. The Kier molecular flexibility index (Phi) is 6.35. The largest absolute Gasteiger partial charge is 0.497 e. The highest BCUT2D eigenvalue weighted by atomic mass is 16.5. The van der Waals surface area contributed by atoms with Crippen LogP contribution in [0.25, 0.3) is 0 Å². The van der Waals surface area contributed by atoms with E-state index in [1.807, 2.05) is 52.3 Å². The third kappa shape index (κ3) is 4.93. The number of carbonyl (C=O) groups is 1. The Balaban J connectivity index is 1.93. The number of benzene rings is 1. The van der Waals surface area contributed by atoms with Gasteiger partial charge in [0, 0.05) is 13.6 Å². The van der Waals surface area contributed by atoms with Gasteiger partial charge in [-0.05, 0) is 38.7 Å². The Bertz CT molecular complexity index is 683. The smallest absolute Gasteiger partial charge is 0.315 e. The van der Waals surface area contributed by atoms with Crippen molar-refractivity contribution in [2.75, 3.05) is 27.7 Å². The molecule has 2 atom stereocenters. The van der Waals surface area contributed by atoms with E-state index in [9.17, 15) is 4.79 Å². The van der Waals surface area contributed by atoms with Crippen molar-refractivity contribution in [2.24, 2.45) is 7.05 Å². The van der Waals surface area contributed by atoms with Crippen molar-refractivity contribution < 1.29 is 9.53 Å². The average molecular weight is 346 g/mol. The molecule has 0 radical (unpaired) electrons. The van der Waals surface area contributed by atoms with Crippen molar-refractivity contribution in [3.8, 4) is 5.75 Å². The fourth-order valence-corrected chi connectivity index (χ4v) is 2.61. The molecule has 2 aromatic rings. The van der Waals surface area contributed by atoms with Gasteiger partial charge in [0.2, 0.25) is 0 Å². The number of amides is 2. The summed E-state index contributed by atoms with van der Waals surface area (Å²) in [5.74, 6) is 1.51. The van der Waals surface area contributed by atoms with Crippen molar-refractivity contribution in [2.45, 2.75) is 19.0 Å². The fourth-order valence-electron chi connectivity index (χ4n) is 2.61. The highest BCUT2D eigenvalue weighted by molar-refractivity contribution is 5.74. The topological polar surface area (TPSA) is 84.3 Å². The van der Waals surface area contributed by atoms with Gasteiger partial charge in [-0.3, -0.25) is 0 Å². The maximum Gasteiger partial charge on any atom is 0.315 e. The SMILES string of the molecule is COc1ccc([C@@H](CNC(=O)N[C@H](C)c2nncn2C)N(C)C)cc1. The van der Waals surface area contributed by atoms with Crippen LogP contribution >= 0.6 is 0 Å². The van der Waals surface area contributed by atoms with Gasteiger partial charge in [-0.25, -0.2) is 4.79 Å². The maximum absolute atomic E-state index is 12.2. The molecule has 0 bridgehead atoms. The summed E-state index contributed by atoms with van der Waals surface area (Å²) in [7, 11) is 7.45. The monoisotopic (exact) mass is 346 g/mol. The van der Waals surface area contributed by atoms with Gasteiger partial charge in [-0.1, -0.05) is 12.1 Å². The zero-order valence-electron chi connectivity index (χ0n) is 15.4. The predicted molar refractivity (Wildman–Crippen MR) is 95.4 cm³/mol. The van der Waals surface area contributed by atoms with E-state index in [0.29, 0.717) is 12.4 Å². The highest BCUT2D eigenvalue weighted by Crippen LogP contribution is 2.20. The Hall–Kier alpha value is -2.61. The minimum absolute atomic E-state index is 0.0572. The van der Waals surface area contributed by atoms with E-state index in [2.05, 4.69) is 25.7 Å². The number of aryl methyl sites for hydroxylation is 1. The van der Waals surface area contributed by atoms with E-state index in [-0.39, 0.29) is 18.1 Å².